The zero-order valence-electron chi connectivity index (χ0n) is 29.6. The summed E-state index contributed by atoms with van der Waals surface area (Å²) >= 11 is 0. The maximum Gasteiger partial charge on any atom is 0.313 e. The molecule has 2 N–H and O–H groups in total. The molecule has 2 bridgehead atoms. The van der Waals surface area contributed by atoms with Crippen LogP contribution in [0.1, 0.15) is 49.0 Å². The van der Waals surface area contributed by atoms with Crippen LogP contribution in [0.3, 0.4) is 0 Å². The van der Waals surface area contributed by atoms with Crippen molar-refractivity contribution in [1.82, 2.24) is 20.0 Å². The number of hydrogen-bond acceptors (Lipinski definition) is 9. The number of esters is 1. The van der Waals surface area contributed by atoms with Crippen molar-refractivity contribution in [3.8, 4) is 0 Å². The van der Waals surface area contributed by atoms with Crippen LogP contribution in [0, 0.1) is 11.8 Å². The highest BCUT2D eigenvalue weighted by molar-refractivity contribution is 5.98. The second-order valence-corrected chi connectivity index (χ2v) is 13.9. The van der Waals surface area contributed by atoms with Crippen molar-refractivity contribution in [2.24, 2.45) is 11.8 Å². The van der Waals surface area contributed by atoms with Crippen LogP contribution in [0.4, 0.5) is 0 Å². The average Bonchev–Trinajstić information content (AvgIpc) is 3.83. The van der Waals surface area contributed by atoms with Gasteiger partial charge in [0.2, 0.25) is 17.7 Å². The molecule has 52 heavy (non-hydrogen) atoms. The van der Waals surface area contributed by atoms with E-state index >= 15 is 0 Å². The number of aliphatic hydroxyl groups excluding tert-OH is 1. The molecule has 7 atom stereocenters. The van der Waals surface area contributed by atoms with E-state index in [0.29, 0.717) is 56.7 Å². The van der Waals surface area contributed by atoms with Gasteiger partial charge in [-0.05, 0) is 30.4 Å². The number of amides is 3. The molecule has 6 rings (SSSR count). The maximum atomic E-state index is 14.9. The topological polar surface area (TPSA) is 138 Å². The second kappa shape index (κ2) is 17.0. The zero-order valence-corrected chi connectivity index (χ0v) is 29.6. The molecule has 0 radical (unpaired) electrons. The standard InChI is InChI=1S/C40H50N4O8/c1-3-5-16-33(46)41-26-32(29-14-10-7-11-15-29)51-39(49)34-31-17-18-40(52-31)35(34)37(47)44(30(27-45)28-12-8-6-9-13-28)36(40)38(48)43(19-4-2)21-20-42-22-24-50-25-23-42/h3-4,6-15,30-32,34-36,45H,1-2,5,16-27H2,(H,41,46)/t30-,31-,32+,34+,35+,36-,40+/m1/s1. The molecule has 1 spiro atoms. The molecule has 3 amide bonds. The Labute approximate surface area is 305 Å². The Kier molecular flexibility index (Phi) is 12.2. The third-order valence-electron chi connectivity index (χ3n) is 10.9. The molecule has 278 valence electrons. The highest BCUT2D eigenvalue weighted by Gasteiger charge is 2.75. The summed E-state index contributed by atoms with van der Waals surface area (Å²) in [6.45, 7) is 11.2. The van der Waals surface area contributed by atoms with Gasteiger partial charge in [0.25, 0.3) is 0 Å². The minimum absolute atomic E-state index is 0.0429. The number of ether oxygens (including phenoxy) is 3. The lowest BCUT2D eigenvalue weighted by Crippen LogP contribution is -2.58. The van der Waals surface area contributed by atoms with E-state index in [4.69, 9.17) is 14.2 Å². The van der Waals surface area contributed by atoms with E-state index in [0.717, 1.165) is 13.1 Å². The lowest BCUT2D eigenvalue weighted by Gasteiger charge is -2.40. The zero-order chi connectivity index (χ0) is 36.7. The predicted molar refractivity (Wildman–Crippen MR) is 192 cm³/mol. The van der Waals surface area contributed by atoms with E-state index in [-0.39, 0.29) is 31.3 Å². The van der Waals surface area contributed by atoms with Crippen LogP contribution in [-0.2, 0) is 33.4 Å². The van der Waals surface area contributed by atoms with Crippen molar-refractivity contribution in [3.63, 3.8) is 0 Å². The van der Waals surface area contributed by atoms with Gasteiger partial charge in [-0.25, -0.2) is 0 Å². The number of morpholine rings is 1. The van der Waals surface area contributed by atoms with Gasteiger partial charge in [0.1, 0.15) is 17.7 Å². The van der Waals surface area contributed by atoms with Gasteiger partial charge in [-0.15, -0.1) is 13.2 Å². The molecule has 4 heterocycles. The van der Waals surface area contributed by atoms with Crippen LogP contribution in [0.2, 0.25) is 0 Å². The Balaban J connectivity index is 1.32. The summed E-state index contributed by atoms with van der Waals surface area (Å²) in [6, 6.07) is 16.3. The predicted octanol–water partition coefficient (Wildman–Crippen LogP) is 2.81. The number of nitrogens with zero attached hydrogens (tertiary/aromatic N) is 3. The third kappa shape index (κ3) is 7.57. The third-order valence-corrected chi connectivity index (χ3v) is 10.9. The summed E-state index contributed by atoms with van der Waals surface area (Å²) in [5.74, 6) is -3.54. The Morgan fingerprint density at radius 2 is 1.73 bits per heavy atom. The molecule has 2 aromatic carbocycles. The highest BCUT2D eigenvalue weighted by Crippen LogP contribution is 2.60. The molecule has 4 aliphatic rings. The fourth-order valence-electron chi connectivity index (χ4n) is 8.35. The number of carbonyl (C=O) groups is 4. The Hall–Kier alpha value is -4.36. The van der Waals surface area contributed by atoms with E-state index in [9.17, 15) is 24.3 Å². The van der Waals surface area contributed by atoms with Crippen LogP contribution < -0.4 is 5.32 Å². The fourth-order valence-corrected chi connectivity index (χ4v) is 8.35. The van der Waals surface area contributed by atoms with E-state index in [1.165, 1.54) is 4.90 Å². The Morgan fingerprint density at radius 1 is 1.04 bits per heavy atom. The largest absolute Gasteiger partial charge is 0.455 e. The molecule has 0 unspecified atom stereocenters. The summed E-state index contributed by atoms with van der Waals surface area (Å²) in [5, 5.41) is 13.7. The van der Waals surface area contributed by atoms with E-state index in [2.05, 4.69) is 23.4 Å². The quantitative estimate of drug-likeness (QED) is 0.187. The van der Waals surface area contributed by atoms with Crippen LogP contribution in [0.5, 0.6) is 0 Å². The molecule has 0 aromatic heterocycles. The average molecular weight is 715 g/mol. The summed E-state index contributed by atoms with van der Waals surface area (Å²) in [4.78, 5) is 62.1. The first-order valence-electron chi connectivity index (χ1n) is 18.3. The summed E-state index contributed by atoms with van der Waals surface area (Å²) < 4.78 is 18.4. The van der Waals surface area contributed by atoms with Crippen LogP contribution >= 0.6 is 0 Å². The molecule has 4 aliphatic heterocycles. The van der Waals surface area contributed by atoms with Crippen molar-refractivity contribution in [2.75, 3.05) is 59.1 Å². The van der Waals surface area contributed by atoms with Crippen molar-refractivity contribution < 1.29 is 38.5 Å². The first-order valence-corrected chi connectivity index (χ1v) is 18.3. The number of likely N-dealkylation sites (tertiary alicyclic amines) is 1. The first-order chi connectivity index (χ1) is 25.3. The monoisotopic (exact) mass is 714 g/mol. The van der Waals surface area contributed by atoms with Gasteiger partial charge in [0, 0.05) is 39.1 Å². The van der Waals surface area contributed by atoms with Gasteiger partial charge in [0.15, 0.2) is 0 Å². The van der Waals surface area contributed by atoms with Crippen LogP contribution in [0.25, 0.3) is 0 Å². The number of nitrogens with one attached hydrogen (secondary N) is 1. The van der Waals surface area contributed by atoms with Crippen molar-refractivity contribution in [3.05, 3.63) is 97.1 Å². The van der Waals surface area contributed by atoms with Crippen molar-refractivity contribution in [1.29, 1.82) is 0 Å². The van der Waals surface area contributed by atoms with Gasteiger partial charge >= 0.3 is 5.97 Å². The van der Waals surface area contributed by atoms with E-state index in [1.807, 2.05) is 60.7 Å². The molecule has 12 nitrogen and oxygen atoms in total. The van der Waals surface area contributed by atoms with Gasteiger partial charge < -0.3 is 34.4 Å². The normalized spacial score (nSPS) is 26.3. The molecule has 4 fully saturated rings. The minimum atomic E-state index is -1.30. The smallest absolute Gasteiger partial charge is 0.313 e. The van der Waals surface area contributed by atoms with Crippen molar-refractivity contribution in [2.45, 2.75) is 55.6 Å². The number of fused-ring (bicyclic) bond motifs is 1. The molecule has 4 saturated heterocycles. The lowest BCUT2D eigenvalue weighted by molar-refractivity contribution is -0.161. The van der Waals surface area contributed by atoms with E-state index < -0.39 is 60.2 Å². The minimum Gasteiger partial charge on any atom is -0.455 e. The summed E-state index contributed by atoms with van der Waals surface area (Å²) in [6.07, 6.45) is 3.50. The SMILES string of the molecule is C=CCCC(=O)NC[C@H](OC(=O)[C@@H]1[C@H]2C(=O)N([C@H](CO)c3ccccc3)[C@H](C(=O)N(CC=C)CCN3CCOCC3)[C@]23CC[C@H]1O3)c1ccccc1. The van der Waals surface area contributed by atoms with E-state index in [1.54, 1.807) is 17.1 Å². The van der Waals surface area contributed by atoms with Crippen LogP contribution in [0.15, 0.2) is 86.0 Å². The van der Waals surface area contributed by atoms with Gasteiger partial charge in [-0.1, -0.05) is 72.8 Å². The molecular weight excluding hydrogens is 664 g/mol. The molecule has 12 heteroatoms. The number of allylic oxidation sites excluding steroid dienone is 1. The summed E-state index contributed by atoms with van der Waals surface area (Å²) in [7, 11) is 0. The lowest BCUT2D eigenvalue weighted by atomic mass is 9.70. The number of hydrogen-bond donors (Lipinski definition) is 2. The number of rotatable bonds is 17. The van der Waals surface area contributed by atoms with Crippen molar-refractivity contribution >= 4 is 23.7 Å². The molecule has 0 saturated carbocycles. The Morgan fingerprint density at radius 3 is 2.38 bits per heavy atom. The summed E-state index contributed by atoms with van der Waals surface area (Å²) in [5.41, 5.74) is 0.0570. The second-order valence-electron chi connectivity index (χ2n) is 13.9. The Bertz CT molecular complexity index is 1580. The fraction of sp³-hybridized carbons (Fsp3) is 0.500. The van der Waals surface area contributed by atoms with Gasteiger partial charge in [0.05, 0.1) is 50.3 Å². The van der Waals surface area contributed by atoms with Gasteiger partial charge in [-0.3, -0.25) is 24.1 Å². The number of carbonyl (C=O) groups excluding carboxylic acids is 4. The maximum absolute atomic E-state index is 14.9. The molecule has 0 aliphatic carbocycles. The number of benzene rings is 2. The highest BCUT2D eigenvalue weighted by atomic mass is 16.6. The molecular formula is C40H50N4O8. The number of aliphatic hydroxyl groups is 1. The first kappa shape index (κ1) is 37.4. The van der Waals surface area contributed by atoms with Gasteiger partial charge in [-0.2, -0.15) is 0 Å². The van der Waals surface area contributed by atoms with Crippen LogP contribution in [-0.4, -0.2) is 120 Å². The molecule has 2 aromatic rings.